The highest BCUT2D eigenvalue weighted by Crippen LogP contribution is 2.21. The van der Waals surface area contributed by atoms with Gasteiger partial charge in [-0.3, -0.25) is 19.4 Å². The Balaban J connectivity index is 1.81. The minimum Gasteiger partial charge on any atom is -0.341 e. The lowest BCUT2D eigenvalue weighted by atomic mass is 10.00. The SMILES string of the molecule is Cc1nc2c(c(C)c1CCC(=O)N1CCCNCC1)c(=O)[nH]n2C. The van der Waals surface area contributed by atoms with E-state index in [1.165, 1.54) is 0 Å². The van der Waals surface area contributed by atoms with Gasteiger partial charge in [0, 0.05) is 38.8 Å². The number of carbonyl (C=O) groups is 1. The van der Waals surface area contributed by atoms with E-state index in [1.54, 1.807) is 11.7 Å². The van der Waals surface area contributed by atoms with Crippen molar-refractivity contribution in [3.8, 4) is 0 Å². The third-order valence-corrected chi connectivity index (χ3v) is 4.86. The van der Waals surface area contributed by atoms with Gasteiger partial charge in [0.15, 0.2) is 5.65 Å². The van der Waals surface area contributed by atoms with Gasteiger partial charge in [-0.25, -0.2) is 4.98 Å². The summed E-state index contributed by atoms with van der Waals surface area (Å²) < 4.78 is 1.65. The van der Waals surface area contributed by atoms with Crippen LogP contribution in [-0.4, -0.2) is 51.8 Å². The number of aromatic nitrogens is 3. The zero-order valence-corrected chi connectivity index (χ0v) is 14.6. The molecule has 7 nitrogen and oxygen atoms in total. The first-order chi connectivity index (χ1) is 11.5. The zero-order chi connectivity index (χ0) is 17.3. The van der Waals surface area contributed by atoms with Crippen LogP contribution in [0.5, 0.6) is 0 Å². The van der Waals surface area contributed by atoms with Crippen molar-refractivity contribution in [2.75, 3.05) is 26.2 Å². The van der Waals surface area contributed by atoms with Crippen molar-refractivity contribution >= 4 is 16.9 Å². The molecule has 0 radical (unpaired) electrons. The Morgan fingerprint density at radius 2 is 2.04 bits per heavy atom. The topological polar surface area (TPSA) is 83.0 Å². The molecule has 0 aromatic carbocycles. The van der Waals surface area contributed by atoms with E-state index in [2.05, 4.69) is 15.4 Å². The third-order valence-electron chi connectivity index (χ3n) is 4.86. The number of nitrogens with one attached hydrogen (secondary N) is 2. The molecule has 1 aliphatic rings. The van der Waals surface area contributed by atoms with Crippen LogP contribution in [0.1, 0.15) is 29.7 Å². The standard InChI is InChI=1S/C17H25N5O2/c1-11-13(5-6-14(23)22-9-4-7-18-8-10-22)12(2)19-16-15(11)17(24)20-21(16)3/h18H,4-10H2,1-3H3,(H,20,24). The van der Waals surface area contributed by atoms with Gasteiger partial charge in [0.2, 0.25) is 5.91 Å². The largest absolute Gasteiger partial charge is 0.341 e. The molecule has 1 fully saturated rings. The van der Waals surface area contributed by atoms with Crippen LogP contribution in [0.2, 0.25) is 0 Å². The number of nitrogens with zero attached hydrogens (tertiary/aromatic N) is 3. The van der Waals surface area contributed by atoms with Gasteiger partial charge in [0.1, 0.15) is 0 Å². The summed E-state index contributed by atoms with van der Waals surface area (Å²) in [5.41, 5.74) is 3.39. The minimum atomic E-state index is -0.122. The van der Waals surface area contributed by atoms with Crippen molar-refractivity contribution in [1.82, 2.24) is 25.0 Å². The van der Waals surface area contributed by atoms with Gasteiger partial charge in [0.05, 0.1) is 5.39 Å². The van der Waals surface area contributed by atoms with E-state index in [4.69, 9.17) is 0 Å². The molecular formula is C17H25N5O2. The van der Waals surface area contributed by atoms with Crippen LogP contribution in [0.3, 0.4) is 0 Å². The normalized spacial score (nSPS) is 15.7. The number of amides is 1. The predicted molar refractivity (Wildman–Crippen MR) is 93.2 cm³/mol. The molecule has 0 saturated carbocycles. The number of rotatable bonds is 3. The van der Waals surface area contributed by atoms with Crippen molar-refractivity contribution in [3.63, 3.8) is 0 Å². The Kier molecular flexibility index (Phi) is 4.71. The summed E-state index contributed by atoms with van der Waals surface area (Å²) in [6.45, 7) is 7.31. The summed E-state index contributed by atoms with van der Waals surface area (Å²) in [4.78, 5) is 31.1. The molecule has 2 N–H and O–H groups in total. The predicted octanol–water partition coefficient (Wildman–Crippen LogP) is 0.633. The molecule has 7 heteroatoms. The lowest BCUT2D eigenvalue weighted by molar-refractivity contribution is -0.130. The number of H-pyrrole nitrogens is 1. The Labute approximate surface area is 141 Å². The van der Waals surface area contributed by atoms with Gasteiger partial charge < -0.3 is 10.2 Å². The second-order valence-electron chi connectivity index (χ2n) is 6.48. The molecule has 3 heterocycles. The van der Waals surface area contributed by atoms with E-state index in [-0.39, 0.29) is 11.5 Å². The van der Waals surface area contributed by atoms with Crippen molar-refractivity contribution in [3.05, 3.63) is 27.2 Å². The average molecular weight is 331 g/mol. The molecule has 2 aromatic rings. The van der Waals surface area contributed by atoms with E-state index >= 15 is 0 Å². The molecular weight excluding hydrogens is 306 g/mol. The highest BCUT2D eigenvalue weighted by atomic mass is 16.2. The number of pyridine rings is 1. The van der Waals surface area contributed by atoms with Gasteiger partial charge in [-0.2, -0.15) is 0 Å². The van der Waals surface area contributed by atoms with E-state index < -0.39 is 0 Å². The number of carbonyl (C=O) groups excluding carboxylic acids is 1. The maximum Gasteiger partial charge on any atom is 0.273 e. The van der Waals surface area contributed by atoms with E-state index in [1.807, 2.05) is 18.7 Å². The number of fused-ring (bicyclic) bond motifs is 1. The van der Waals surface area contributed by atoms with Gasteiger partial charge >= 0.3 is 0 Å². The fourth-order valence-electron chi connectivity index (χ4n) is 3.50. The molecule has 0 unspecified atom stereocenters. The van der Waals surface area contributed by atoms with Crippen LogP contribution in [-0.2, 0) is 18.3 Å². The summed E-state index contributed by atoms with van der Waals surface area (Å²) in [5.74, 6) is 0.180. The quantitative estimate of drug-likeness (QED) is 0.864. The molecule has 1 aliphatic heterocycles. The summed E-state index contributed by atoms with van der Waals surface area (Å²) >= 11 is 0. The molecule has 1 amide bonds. The highest BCUT2D eigenvalue weighted by molar-refractivity contribution is 5.81. The molecule has 130 valence electrons. The second-order valence-corrected chi connectivity index (χ2v) is 6.48. The zero-order valence-electron chi connectivity index (χ0n) is 14.6. The summed E-state index contributed by atoms with van der Waals surface area (Å²) in [7, 11) is 1.78. The first-order valence-corrected chi connectivity index (χ1v) is 8.52. The van der Waals surface area contributed by atoms with Crippen LogP contribution in [0.25, 0.3) is 11.0 Å². The molecule has 0 aliphatic carbocycles. The number of hydrogen-bond donors (Lipinski definition) is 2. The first kappa shape index (κ1) is 16.7. The molecule has 2 aromatic heterocycles. The highest BCUT2D eigenvalue weighted by Gasteiger charge is 2.18. The maximum atomic E-state index is 12.5. The Hall–Kier alpha value is -2.15. The van der Waals surface area contributed by atoms with Crippen molar-refractivity contribution in [1.29, 1.82) is 0 Å². The number of aryl methyl sites for hydroxylation is 3. The third kappa shape index (κ3) is 3.08. The Bertz CT molecular complexity index is 812. The molecule has 0 bridgehead atoms. The second kappa shape index (κ2) is 6.76. The number of hydrogen-bond acceptors (Lipinski definition) is 4. The van der Waals surface area contributed by atoms with Gasteiger partial charge in [0.25, 0.3) is 5.56 Å². The van der Waals surface area contributed by atoms with Gasteiger partial charge in [-0.15, -0.1) is 0 Å². The van der Waals surface area contributed by atoms with Gasteiger partial charge in [-0.05, 0) is 44.4 Å². The summed E-state index contributed by atoms with van der Waals surface area (Å²) in [5, 5.41) is 6.69. The van der Waals surface area contributed by atoms with Gasteiger partial charge in [-0.1, -0.05) is 0 Å². The first-order valence-electron chi connectivity index (χ1n) is 8.52. The van der Waals surface area contributed by atoms with Crippen molar-refractivity contribution < 1.29 is 4.79 Å². The minimum absolute atomic E-state index is 0.122. The van der Waals surface area contributed by atoms with Crippen LogP contribution < -0.4 is 10.9 Å². The smallest absolute Gasteiger partial charge is 0.273 e. The fourth-order valence-corrected chi connectivity index (χ4v) is 3.50. The molecule has 1 saturated heterocycles. The monoisotopic (exact) mass is 331 g/mol. The molecule has 3 rings (SSSR count). The van der Waals surface area contributed by atoms with Crippen LogP contribution in [0.15, 0.2) is 4.79 Å². The Morgan fingerprint density at radius 1 is 1.25 bits per heavy atom. The summed E-state index contributed by atoms with van der Waals surface area (Å²) in [6.07, 6.45) is 2.08. The fraction of sp³-hybridized carbons (Fsp3) is 0.588. The van der Waals surface area contributed by atoms with Crippen LogP contribution in [0.4, 0.5) is 0 Å². The van der Waals surface area contributed by atoms with E-state index in [0.29, 0.717) is 23.9 Å². The van der Waals surface area contributed by atoms with Crippen LogP contribution >= 0.6 is 0 Å². The Morgan fingerprint density at radius 3 is 2.83 bits per heavy atom. The maximum absolute atomic E-state index is 12.5. The summed E-state index contributed by atoms with van der Waals surface area (Å²) in [6, 6.07) is 0. The number of aromatic amines is 1. The van der Waals surface area contributed by atoms with E-state index in [0.717, 1.165) is 49.4 Å². The lowest BCUT2D eigenvalue weighted by Gasteiger charge is -2.20. The van der Waals surface area contributed by atoms with Crippen molar-refractivity contribution in [2.24, 2.45) is 7.05 Å². The molecule has 0 atom stereocenters. The molecule has 24 heavy (non-hydrogen) atoms. The lowest BCUT2D eigenvalue weighted by Crippen LogP contribution is -2.34. The average Bonchev–Trinajstić information content (AvgIpc) is 2.73. The molecule has 0 spiro atoms. The van der Waals surface area contributed by atoms with E-state index in [9.17, 15) is 9.59 Å². The van der Waals surface area contributed by atoms with Crippen molar-refractivity contribution in [2.45, 2.75) is 33.1 Å². The van der Waals surface area contributed by atoms with Crippen LogP contribution in [0, 0.1) is 13.8 Å².